The number of hydrogen-bond donors (Lipinski definition) is 1. The maximum absolute atomic E-state index is 12.8. The highest BCUT2D eigenvalue weighted by Crippen LogP contribution is 2.30. The second kappa shape index (κ2) is 5.77. The van der Waals surface area contributed by atoms with Crippen molar-refractivity contribution >= 4 is 27.3 Å². The van der Waals surface area contributed by atoms with Gasteiger partial charge in [0.2, 0.25) is 10.0 Å². The lowest BCUT2D eigenvalue weighted by Crippen LogP contribution is -2.39. The molecule has 3 rings (SSSR count). The SMILES string of the molecule is O=[N+]([O-])c1ccc(S(=O)(=O)N2CCC3CCC(C2)N3)c(Cl)c1. The summed E-state index contributed by atoms with van der Waals surface area (Å²) in [6, 6.07) is 4.00. The quantitative estimate of drug-likeness (QED) is 0.665. The number of non-ortho nitro benzene ring substituents is 1. The molecule has 2 bridgehead atoms. The lowest BCUT2D eigenvalue weighted by Gasteiger charge is -2.24. The van der Waals surface area contributed by atoms with Crippen molar-refractivity contribution in [3.8, 4) is 0 Å². The molecule has 22 heavy (non-hydrogen) atoms. The fourth-order valence-electron chi connectivity index (χ4n) is 3.08. The molecule has 7 nitrogen and oxygen atoms in total. The number of hydrogen-bond acceptors (Lipinski definition) is 5. The fraction of sp³-hybridized carbons (Fsp3) is 0.538. The number of fused-ring (bicyclic) bond motifs is 2. The Hall–Kier alpha value is -1.22. The van der Waals surface area contributed by atoms with E-state index in [1.165, 1.54) is 16.4 Å². The van der Waals surface area contributed by atoms with Crippen LogP contribution < -0.4 is 5.32 Å². The molecule has 1 aromatic rings. The maximum atomic E-state index is 12.8. The van der Waals surface area contributed by atoms with Crippen molar-refractivity contribution < 1.29 is 13.3 Å². The van der Waals surface area contributed by atoms with E-state index in [4.69, 9.17) is 11.6 Å². The maximum Gasteiger partial charge on any atom is 0.271 e. The largest absolute Gasteiger partial charge is 0.310 e. The van der Waals surface area contributed by atoms with Crippen molar-refractivity contribution in [2.75, 3.05) is 13.1 Å². The van der Waals surface area contributed by atoms with E-state index in [9.17, 15) is 18.5 Å². The Kier molecular flexibility index (Phi) is 4.11. The number of nitro groups is 1. The van der Waals surface area contributed by atoms with Crippen molar-refractivity contribution in [1.29, 1.82) is 0 Å². The lowest BCUT2D eigenvalue weighted by molar-refractivity contribution is -0.384. The highest BCUT2D eigenvalue weighted by atomic mass is 35.5. The molecular weight excluding hydrogens is 330 g/mol. The van der Waals surface area contributed by atoms with Gasteiger partial charge in [-0.15, -0.1) is 0 Å². The van der Waals surface area contributed by atoms with Crippen LogP contribution in [0.25, 0.3) is 0 Å². The van der Waals surface area contributed by atoms with E-state index < -0.39 is 14.9 Å². The summed E-state index contributed by atoms with van der Waals surface area (Å²) < 4.78 is 27.0. The molecule has 2 heterocycles. The van der Waals surface area contributed by atoms with Gasteiger partial charge in [-0.2, -0.15) is 4.31 Å². The van der Waals surface area contributed by atoms with Crippen LogP contribution >= 0.6 is 11.6 Å². The van der Waals surface area contributed by atoms with Crippen LogP contribution in [0.15, 0.2) is 23.1 Å². The molecule has 0 spiro atoms. The van der Waals surface area contributed by atoms with E-state index in [-0.39, 0.29) is 21.6 Å². The minimum absolute atomic E-state index is 0.0717. The molecule has 120 valence electrons. The topological polar surface area (TPSA) is 92.5 Å². The summed E-state index contributed by atoms with van der Waals surface area (Å²) >= 11 is 5.97. The van der Waals surface area contributed by atoms with Gasteiger partial charge in [-0.3, -0.25) is 10.1 Å². The number of nitro benzene ring substituents is 1. The van der Waals surface area contributed by atoms with Gasteiger partial charge in [0.05, 0.1) is 9.95 Å². The Bertz CT molecular complexity index is 709. The second-order valence-electron chi connectivity index (χ2n) is 5.66. The second-order valence-corrected chi connectivity index (χ2v) is 7.97. The zero-order chi connectivity index (χ0) is 15.9. The van der Waals surface area contributed by atoms with Gasteiger partial charge in [-0.05, 0) is 25.3 Å². The van der Waals surface area contributed by atoms with Crippen LogP contribution in [0, 0.1) is 10.1 Å². The summed E-state index contributed by atoms with van der Waals surface area (Å²) in [5.41, 5.74) is -0.222. The number of benzene rings is 1. The molecule has 2 aliphatic heterocycles. The average molecular weight is 346 g/mol. The number of sulfonamides is 1. The van der Waals surface area contributed by atoms with E-state index in [1.54, 1.807) is 0 Å². The fourth-order valence-corrected chi connectivity index (χ4v) is 5.09. The van der Waals surface area contributed by atoms with E-state index >= 15 is 0 Å². The predicted octanol–water partition coefficient (Wildman–Crippen LogP) is 1.76. The Balaban J connectivity index is 1.91. The van der Waals surface area contributed by atoms with Crippen LogP contribution in [0.5, 0.6) is 0 Å². The van der Waals surface area contributed by atoms with Crippen molar-refractivity contribution in [2.45, 2.75) is 36.2 Å². The van der Waals surface area contributed by atoms with Crippen molar-refractivity contribution in [3.63, 3.8) is 0 Å². The van der Waals surface area contributed by atoms with Crippen LogP contribution in [0.4, 0.5) is 5.69 Å². The first-order chi connectivity index (χ1) is 10.4. The molecule has 1 aromatic carbocycles. The Morgan fingerprint density at radius 1 is 1.27 bits per heavy atom. The van der Waals surface area contributed by atoms with Crippen molar-refractivity contribution in [1.82, 2.24) is 9.62 Å². The molecule has 2 fully saturated rings. The van der Waals surface area contributed by atoms with Gasteiger partial charge in [0.15, 0.2) is 0 Å². The Morgan fingerprint density at radius 2 is 2.00 bits per heavy atom. The van der Waals surface area contributed by atoms with Gasteiger partial charge in [0, 0.05) is 37.3 Å². The minimum atomic E-state index is -3.74. The summed E-state index contributed by atoms with van der Waals surface area (Å²) in [6.07, 6.45) is 2.81. The third-order valence-corrected chi connectivity index (χ3v) is 6.58. The van der Waals surface area contributed by atoms with Gasteiger partial charge in [-0.1, -0.05) is 11.6 Å². The summed E-state index contributed by atoms with van der Waals surface area (Å²) in [5, 5.41) is 14.0. The van der Waals surface area contributed by atoms with Crippen molar-refractivity contribution in [3.05, 3.63) is 33.3 Å². The molecule has 2 aliphatic rings. The van der Waals surface area contributed by atoms with Crippen LogP contribution in [-0.4, -0.2) is 42.8 Å². The number of nitrogens with zero attached hydrogens (tertiary/aromatic N) is 2. The summed E-state index contributed by atoms with van der Waals surface area (Å²) in [7, 11) is -3.74. The number of rotatable bonds is 3. The van der Waals surface area contributed by atoms with E-state index in [2.05, 4.69) is 5.32 Å². The molecule has 2 unspecified atom stereocenters. The lowest BCUT2D eigenvalue weighted by atomic mass is 10.1. The highest BCUT2D eigenvalue weighted by molar-refractivity contribution is 7.89. The smallest absolute Gasteiger partial charge is 0.271 e. The zero-order valence-corrected chi connectivity index (χ0v) is 13.3. The predicted molar refractivity (Wildman–Crippen MR) is 81.4 cm³/mol. The van der Waals surface area contributed by atoms with Gasteiger partial charge in [0.1, 0.15) is 4.90 Å². The molecule has 2 atom stereocenters. The monoisotopic (exact) mass is 345 g/mol. The van der Waals surface area contributed by atoms with E-state index in [1.807, 2.05) is 0 Å². The van der Waals surface area contributed by atoms with Crippen LogP contribution in [0.1, 0.15) is 19.3 Å². The third kappa shape index (κ3) is 2.83. The number of nitrogens with one attached hydrogen (secondary N) is 1. The normalized spacial score (nSPS) is 25.9. The van der Waals surface area contributed by atoms with Gasteiger partial charge in [0.25, 0.3) is 5.69 Å². The van der Waals surface area contributed by atoms with Crippen LogP contribution in [0.2, 0.25) is 5.02 Å². The van der Waals surface area contributed by atoms with Gasteiger partial charge >= 0.3 is 0 Å². The molecule has 9 heteroatoms. The molecule has 0 saturated carbocycles. The number of halogens is 1. The molecule has 0 radical (unpaired) electrons. The Morgan fingerprint density at radius 3 is 2.68 bits per heavy atom. The van der Waals surface area contributed by atoms with Crippen molar-refractivity contribution in [2.24, 2.45) is 0 Å². The Labute approximate surface area is 133 Å². The zero-order valence-electron chi connectivity index (χ0n) is 11.7. The summed E-state index contributed by atoms with van der Waals surface area (Å²) in [4.78, 5) is 10.1. The van der Waals surface area contributed by atoms with E-state index in [0.717, 1.165) is 25.3 Å². The highest BCUT2D eigenvalue weighted by Gasteiger charge is 2.35. The molecule has 0 aromatic heterocycles. The third-order valence-electron chi connectivity index (χ3n) is 4.23. The van der Waals surface area contributed by atoms with Gasteiger partial charge in [-0.25, -0.2) is 8.42 Å². The van der Waals surface area contributed by atoms with Gasteiger partial charge < -0.3 is 5.32 Å². The molecule has 0 aliphatic carbocycles. The summed E-state index contributed by atoms with van der Waals surface area (Å²) in [5.74, 6) is 0. The molecule has 0 amide bonds. The first-order valence-electron chi connectivity index (χ1n) is 7.08. The summed E-state index contributed by atoms with van der Waals surface area (Å²) in [6.45, 7) is 0.843. The standard InChI is InChI=1S/C13H16ClN3O4S/c14-12-7-11(17(18)19)3-4-13(12)22(20,21)16-6-5-9-1-2-10(8-16)15-9/h3-4,7,9-10,15H,1-2,5-6,8H2. The minimum Gasteiger partial charge on any atom is -0.310 e. The molecule has 2 saturated heterocycles. The molecule has 1 N–H and O–H groups in total. The molecular formula is C13H16ClN3O4S. The first-order valence-corrected chi connectivity index (χ1v) is 8.90. The van der Waals surface area contributed by atoms with Crippen LogP contribution in [0.3, 0.4) is 0 Å². The van der Waals surface area contributed by atoms with Crippen LogP contribution in [-0.2, 0) is 10.0 Å². The first kappa shape index (κ1) is 15.7. The average Bonchev–Trinajstić information content (AvgIpc) is 2.77. The van der Waals surface area contributed by atoms with E-state index in [0.29, 0.717) is 19.1 Å².